The Hall–Kier alpha value is -4.20. The van der Waals surface area contributed by atoms with Crippen molar-refractivity contribution in [2.24, 2.45) is 0 Å². The summed E-state index contributed by atoms with van der Waals surface area (Å²) in [4.78, 5) is 65.0. The number of hydrogen-bond acceptors (Lipinski definition) is 17. The summed E-state index contributed by atoms with van der Waals surface area (Å²) in [5.74, 6) is -5.35. The zero-order chi connectivity index (χ0) is 38.9. The van der Waals surface area contributed by atoms with Crippen molar-refractivity contribution in [2.45, 2.75) is 82.6 Å². The maximum atomic E-state index is 13.9. The maximum Gasteiger partial charge on any atom is 0.305 e. The molecule has 17 nitrogen and oxygen atoms in total. The number of esters is 2. The molecule has 0 aromatic heterocycles. The number of benzene rings is 2. The Morgan fingerprint density at radius 3 is 2.30 bits per heavy atom. The van der Waals surface area contributed by atoms with E-state index in [0.29, 0.717) is 0 Å². The average Bonchev–Trinajstić information content (AvgIpc) is 3.10. The van der Waals surface area contributed by atoms with Gasteiger partial charge in [-0.1, -0.05) is 12.1 Å². The highest BCUT2D eigenvalue weighted by atomic mass is 35.5. The van der Waals surface area contributed by atoms with Crippen molar-refractivity contribution in [3.63, 3.8) is 0 Å². The highest BCUT2D eigenvalue weighted by molar-refractivity contribution is 6.31. The van der Waals surface area contributed by atoms with Gasteiger partial charge in [0.25, 0.3) is 6.29 Å². The third kappa shape index (κ3) is 8.23. The first kappa shape index (κ1) is 42.5. The van der Waals surface area contributed by atoms with E-state index in [0.717, 1.165) is 13.8 Å². The SMILES string of the molecule is COc1cccc2c1C(=O)c1c(O)c3c(c(O)c1C2=O)CC(O)(C(=O)CO)CC3OC1CC(N(C)CCOCC(OC(C)=O)OC(C)=O)C(O)C(C)O1.Cl. The second kappa shape index (κ2) is 17.1. The van der Waals surface area contributed by atoms with Crippen molar-refractivity contribution >= 4 is 41.7 Å². The molecule has 0 saturated carbocycles. The number of Topliss-reactive ketones (excluding diaryl/α,β-unsaturated/α-hetero) is 1. The number of methoxy groups -OCH3 is 1. The lowest BCUT2D eigenvalue weighted by Gasteiger charge is -2.44. The number of aliphatic hydroxyl groups excluding tert-OH is 2. The fraction of sp³-hybridized carbons (Fsp3) is 0.528. The lowest BCUT2D eigenvalue weighted by atomic mass is 9.72. The van der Waals surface area contributed by atoms with Crippen LogP contribution in [-0.4, -0.2) is 137 Å². The molecule has 6 atom stereocenters. The number of ketones is 3. The van der Waals surface area contributed by atoms with E-state index in [1.165, 1.54) is 25.3 Å². The third-order valence-electron chi connectivity index (χ3n) is 9.73. The molecule has 0 bridgehead atoms. The molecule has 0 radical (unpaired) electrons. The molecule has 2 aliphatic carbocycles. The van der Waals surface area contributed by atoms with Crippen molar-refractivity contribution in [1.29, 1.82) is 0 Å². The van der Waals surface area contributed by atoms with Crippen molar-refractivity contribution in [2.75, 3.05) is 40.5 Å². The van der Waals surface area contributed by atoms with Gasteiger partial charge in [-0.05, 0) is 20.0 Å². The first-order chi connectivity index (χ1) is 25.0. The fourth-order valence-corrected chi connectivity index (χ4v) is 7.15. The standard InChI is InChI=1S/C36H43NO16.ClH/c1-16-31(42)21(37(4)9-10-49-15-26(51-17(2)39)52-18(3)40)11-25(50-16)53-23-13-36(47,24(41)14-38)12-20-28(23)35(46)30-29(33(20)44)32(43)19-7-6-8-22(48-5)27(19)34(30)45;/h6-8,16,21,23,25-26,31,38,42,44,46-47H,9-15H2,1-5H3;1H. The molecule has 54 heavy (non-hydrogen) atoms. The number of ether oxygens (including phenoxy) is 6. The summed E-state index contributed by atoms with van der Waals surface area (Å²) in [6.45, 7) is 2.88. The molecule has 3 aliphatic rings. The number of likely N-dealkylation sites (N-methyl/N-ethyl adjacent to an activating group) is 1. The highest BCUT2D eigenvalue weighted by Crippen LogP contribution is 2.52. The first-order valence-corrected chi connectivity index (χ1v) is 16.9. The number of carbonyl (C=O) groups excluding carboxylic acids is 5. The minimum atomic E-state index is -2.32. The highest BCUT2D eigenvalue weighted by Gasteiger charge is 2.50. The Bertz CT molecular complexity index is 1780. The Labute approximate surface area is 316 Å². The van der Waals surface area contributed by atoms with Gasteiger partial charge in [-0.3, -0.25) is 28.9 Å². The van der Waals surface area contributed by atoms with Gasteiger partial charge in [0.15, 0.2) is 17.9 Å². The Morgan fingerprint density at radius 2 is 1.69 bits per heavy atom. The lowest BCUT2D eigenvalue weighted by Crippen LogP contribution is -2.55. The van der Waals surface area contributed by atoms with Crippen LogP contribution in [0.3, 0.4) is 0 Å². The minimum absolute atomic E-state index is 0. The molecule has 2 aromatic rings. The van der Waals surface area contributed by atoms with E-state index in [2.05, 4.69) is 0 Å². The molecule has 0 spiro atoms. The van der Waals surface area contributed by atoms with E-state index in [9.17, 15) is 49.5 Å². The van der Waals surface area contributed by atoms with Crippen LogP contribution < -0.4 is 4.74 Å². The van der Waals surface area contributed by atoms with Crippen molar-refractivity contribution in [3.05, 3.63) is 51.6 Å². The van der Waals surface area contributed by atoms with Crippen LogP contribution in [0.2, 0.25) is 0 Å². The summed E-state index contributed by atoms with van der Waals surface area (Å²) in [6.07, 6.45) is -6.85. The summed E-state index contributed by atoms with van der Waals surface area (Å²) in [6, 6.07) is 3.69. The van der Waals surface area contributed by atoms with Crippen LogP contribution in [0.15, 0.2) is 18.2 Å². The summed E-state index contributed by atoms with van der Waals surface area (Å²) in [7, 11) is 3.00. The molecule has 18 heteroatoms. The largest absolute Gasteiger partial charge is 0.507 e. The number of aromatic hydroxyl groups is 2. The van der Waals surface area contributed by atoms with Crippen LogP contribution in [0.4, 0.5) is 0 Å². The Morgan fingerprint density at radius 1 is 1.04 bits per heavy atom. The number of phenols is 2. The monoisotopic (exact) mass is 781 g/mol. The molecule has 1 aliphatic heterocycles. The van der Waals surface area contributed by atoms with Crippen molar-refractivity contribution < 1.29 is 77.9 Å². The van der Waals surface area contributed by atoms with Crippen molar-refractivity contribution in [1.82, 2.24) is 4.90 Å². The number of hydrogen-bond donors (Lipinski definition) is 5. The van der Waals surface area contributed by atoms with E-state index in [1.807, 2.05) is 0 Å². The molecule has 296 valence electrons. The molecule has 6 unspecified atom stereocenters. The smallest absolute Gasteiger partial charge is 0.305 e. The van der Waals surface area contributed by atoms with Crippen molar-refractivity contribution in [3.8, 4) is 17.2 Å². The van der Waals surface area contributed by atoms with E-state index >= 15 is 0 Å². The molecule has 2 aromatic carbocycles. The van der Waals surface area contributed by atoms with E-state index < -0.39 is 114 Å². The number of halogens is 1. The molecule has 0 amide bonds. The normalized spacial score (nSPS) is 24.6. The van der Waals surface area contributed by atoms with E-state index in [1.54, 1.807) is 18.9 Å². The van der Waals surface area contributed by atoms with Crippen LogP contribution in [-0.2, 0) is 44.5 Å². The van der Waals surface area contributed by atoms with Gasteiger partial charge in [0.2, 0.25) is 5.78 Å². The van der Waals surface area contributed by atoms with Gasteiger partial charge in [-0.25, -0.2) is 0 Å². The molecule has 5 N–H and O–H groups in total. The number of phenolic OH excluding ortho intramolecular Hbond substituents is 2. The van der Waals surface area contributed by atoms with E-state index in [-0.39, 0.29) is 66.6 Å². The van der Waals surface area contributed by atoms with Crippen LogP contribution in [0.1, 0.15) is 82.7 Å². The molecular weight excluding hydrogens is 738 g/mol. The lowest BCUT2D eigenvalue weighted by molar-refractivity contribution is -0.258. The van der Waals surface area contributed by atoms with Gasteiger partial charge in [0.1, 0.15) is 36.1 Å². The number of fused-ring (bicyclic) bond motifs is 3. The van der Waals surface area contributed by atoms with Crippen LogP contribution in [0, 0.1) is 0 Å². The van der Waals surface area contributed by atoms with Gasteiger partial charge in [0.05, 0.1) is 48.7 Å². The van der Waals surface area contributed by atoms with Crippen LogP contribution in [0.25, 0.3) is 0 Å². The quantitative estimate of drug-likeness (QED) is 0.0699. The molecule has 5 rings (SSSR count). The predicted octanol–water partition coefficient (Wildman–Crippen LogP) is 0.865. The predicted molar refractivity (Wildman–Crippen MR) is 186 cm³/mol. The Balaban J connectivity index is 0.00000650. The molecule has 1 heterocycles. The second-order valence-electron chi connectivity index (χ2n) is 13.3. The summed E-state index contributed by atoms with van der Waals surface area (Å²) in [5, 5.41) is 55.7. The summed E-state index contributed by atoms with van der Waals surface area (Å²) >= 11 is 0. The number of carbonyl (C=O) groups is 5. The zero-order valence-corrected chi connectivity index (χ0v) is 31.0. The van der Waals surface area contributed by atoms with Gasteiger partial charge >= 0.3 is 11.9 Å². The van der Waals surface area contributed by atoms with Gasteiger partial charge < -0.3 is 54.0 Å². The maximum absolute atomic E-state index is 13.9. The topological polar surface area (TPSA) is 245 Å². The summed E-state index contributed by atoms with van der Waals surface area (Å²) in [5.41, 5.74) is -3.95. The fourth-order valence-electron chi connectivity index (χ4n) is 7.15. The van der Waals surface area contributed by atoms with E-state index in [4.69, 9.17) is 28.4 Å². The number of rotatable bonds is 13. The minimum Gasteiger partial charge on any atom is -0.507 e. The second-order valence-corrected chi connectivity index (χ2v) is 13.3. The average molecular weight is 782 g/mol. The number of aliphatic hydroxyl groups is 3. The molecular formula is C36H44ClNO16. The first-order valence-electron chi connectivity index (χ1n) is 16.9. The summed E-state index contributed by atoms with van der Waals surface area (Å²) < 4.78 is 33.0. The third-order valence-corrected chi connectivity index (χ3v) is 9.73. The van der Waals surface area contributed by atoms with Crippen LogP contribution >= 0.6 is 12.4 Å². The zero-order valence-electron chi connectivity index (χ0n) is 30.2. The Kier molecular flexibility index (Phi) is 13.5. The molecule has 1 saturated heterocycles. The van der Waals surface area contributed by atoms with Gasteiger partial charge in [0, 0.05) is 62.4 Å². The van der Waals surface area contributed by atoms with Gasteiger partial charge in [-0.15, -0.1) is 12.4 Å². The molecule has 1 fully saturated rings. The van der Waals surface area contributed by atoms with Crippen LogP contribution in [0.5, 0.6) is 17.2 Å². The van der Waals surface area contributed by atoms with Gasteiger partial charge in [-0.2, -0.15) is 0 Å². The number of nitrogens with zero attached hydrogens (tertiary/aromatic N) is 1.